The number of amides is 1. The fraction of sp³-hybridized carbons (Fsp3) is 0.278. The predicted octanol–water partition coefficient (Wildman–Crippen LogP) is 3.56. The van der Waals surface area contributed by atoms with Gasteiger partial charge in [-0.25, -0.2) is 0 Å². The van der Waals surface area contributed by atoms with Crippen molar-refractivity contribution in [3.8, 4) is 5.75 Å². The van der Waals surface area contributed by atoms with Crippen molar-refractivity contribution >= 4 is 5.91 Å². The van der Waals surface area contributed by atoms with Gasteiger partial charge in [0, 0.05) is 17.5 Å². The number of benzene rings is 2. The summed E-state index contributed by atoms with van der Waals surface area (Å²) in [4.78, 5) is 12.5. The van der Waals surface area contributed by atoms with Gasteiger partial charge >= 0.3 is 0 Å². The Hall–Kier alpha value is -2.29. The van der Waals surface area contributed by atoms with Crippen LogP contribution in [0.25, 0.3) is 0 Å². The summed E-state index contributed by atoms with van der Waals surface area (Å²) >= 11 is 0. The van der Waals surface area contributed by atoms with Crippen LogP contribution in [0, 0.1) is 13.8 Å². The standard InChI is InChI=1S/C18H19NO2/c1-12-7-8-13(2)15(11-12)18(20)19-16-9-10-21-17-6-4-3-5-14(16)17/h3-8,11,16H,9-10H2,1-2H3,(H,19,20)/t16-/m1/s1. The molecule has 0 spiro atoms. The van der Waals surface area contributed by atoms with Crippen molar-refractivity contribution in [3.63, 3.8) is 0 Å². The lowest BCUT2D eigenvalue weighted by atomic mass is 9.99. The van der Waals surface area contributed by atoms with E-state index >= 15 is 0 Å². The Bertz CT molecular complexity index is 679. The Morgan fingerprint density at radius 1 is 1.19 bits per heavy atom. The second kappa shape index (κ2) is 5.60. The Kier molecular flexibility index (Phi) is 3.65. The number of hydrogen-bond acceptors (Lipinski definition) is 2. The van der Waals surface area contributed by atoms with E-state index in [0.717, 1.165) is 34.4 Å². The SMILES string of the molecule is Cc1ccc(C)c(C(=O)N[C@@H]2CCOc3ccccc32)c1. The minimum absolute atomic E-state index is 0.0158. The average molecular weight is 281 g/mol. The highest BCUT2D eigenvalue weighted by atomic mass is 16.5. The fourth-order valence-corrected chi connectivity index (χ4v) is 2.71. The molecule has 1 atom stereocenters. The maximum Gasteiger partial charge on any atom is 0.252 e. The van der Waals surface area contributed by atoms with Crippen LogP contribution in [0.3, 0.4) is 0 Å². The first kappa shape index (κ1) is 13.7. The monoisotopic (exact) mass is 281 g/mol. The first-order chi connectivity index (χ1) is 10.1. The van der Waals surface area contributed by atoms with E-state index in [4.69, 9.17) is 4.74 Å². The molecule has 1 aliphatic rings. The summed E-state index contributed by atoms with van der Waals surface area (Å²) in [5.74, 6) is 0.855. The van der Waals surface area contributed by atoms with Crippen molar-refractivity contribution < 1.29 is 9.53 Å². The lowest BCUT2D eigenvalue weighted by molar-refractivity contribution is 0.0924. The number of para-hydroxylation sites is 1. The molecule has 0 aliphatic carbocycles. The van der Waals surface area contributed by atoms with Gasteiger partial charge in [-0.1, -0.05) is 35.9 Å². The summed E-state index contributed by atoms with van der Waals surface area (Å²) in [5, 5.41) is 3.14. The highest BCUT2D eigenvalue weighted by Crippen LogP contribution is 2.31. The molecule has 108 valence electrons. The molecule has 0 bridgehead atoms. The van der Waals surface area contributed by atoms with Gasteiger partial charge in [0.25, 0.3) is 5.91 Å². The number of carbonyl (C=O) groups is 1. The summed E-state index contributed by atoms with van der Waals surface area (Å²) in [6, 6.07) is 13.9. The Morgan fingerprint density at radius 3 is 2.86 bits per heavy atom. The second-order valence-electron chi connectivity index (χ2n) is 5.52. The Balaban J connectivity index is 1.84. The molecule has 1 heterocycles. The summed E-state index contributed by atoms with van der Waals surface area (Å²) < 4.78 is 5.63. The third-order valence-corrected chi connectivity index (χ3v) is 3.90. The maximum atomic E-state index is 12.5. The van der Waals surface area contributed by atoms with Crippen molar-refractivity contribution in [2.45, 2.75) is 26.3 Å². The molecule has 0 fully saturated rings. The number of rotatable bonds is 2. The van der Waals surface area contributed by atoms with E-state index in [1.54, 1.807) is 0 Å². The Morgan fingerprint density at radius 2 is 2.00 bits per heavy atom. The third kappa shape index (κ3) is 2.77. The van der Waals surface area contributed by atoms with Crippen LogP contribution in [0.4, 0.5) is 0 Å². The van der Waals surface area contributed by atoms with Crippen LogP contribution in [-0.4, -0.2) is 12.5 Å². The van der Waals surface area contributed by atoms with Crippen molar-refractivity contribution in [3.05, 3.63) is 64.7 Å². The summed E-state index contributed by atoms with van der Waals surface area (Å²) in [6.07, 6.45) is 0.799. The van der Waals surface area contributed by atoms with E-state index in [-0.39, 0.29) is 11.9 Å². The highest BCUT2D eigenvalue weighted by molar-refractivity contribution is 5.96. The van der Waals surface area contributed by atoms with Crippen LogP contribution in [0.2, 0.25) is 0 Å². The smallest absolute Gasteiger partial charge is 0.252 e. The summed E-state index contributed by atoms with van der Waals surface area (Å²) in [6.45, 7) is 4.60. The third-order valence-electron chi connectivity index (χ3n) is 3.90. The van der Waals surface area contributed by atoms with E-state index in [2.05, 4.69) is 5.32 Å². The zero-order chi connectivity index (χ0) is 14.8. The largest absolute Gasteiger partial charge is 0.493 e. The van der Waals surface area contributed by atoms with Crippen LogP contribution >= 0.6 is 0 Å². The number of nitrogens with one attached hydrogen (secondary N) is 1. The van der Waals surface area contributed by atoms with Gasteiger partial charge in [0.05, 0.1) is 12.6 Å². The van der Waals surface area contributed by atoms with E-state index in [1.807, 2.05) is 56.3 Å². The molecule has 2 aromatic carbocycles. The first-order valence-corrected chi connectivity index (χ1v) is 7.25. The van der Waals surface area contributed by atoms with Crippen molar-refractivity contribution in [2.24, 2.45) is 0 Å². The molecular weight excluding hydrogens is 262 g/mol. The van der Waals surface area contributed by atoms with Gasteiger partial charge in [0.1, 0.15) is 5.75 Å². The van der Waals surface area contributed by atoms with Crippen LogP contribution in [0.5, 0.6) is 5.75 Å². The van der Waals surface area contributed by atoms with Crippen molar-refractivity contribution in [1.29, 1.82) is 0 Å². The predicted molar refractivity (Wildman–Crippen MR) is 82.7 cm³/mol. The minimum Gasteiger partial charge on any atom is -0.493 e. The molecule has 21 heavy (non-hydrogen) atoms. The summed E-state index contributed by atoms with van der Waals surface area (Å²) in [5.41, 5.74) is 3.90. The molecule has 3 nitrogen and oxygen atoms in total. The van der Waals surface area contributed by atoms with Crippen LogP contribution < -0.4 is 10.1 Å². The second-order valence-corrected chi connectivity index (χ2v) is 5.52. The molecule has 0 saturated heterocycles. The molecule has 0 saturated carbocycles. The van der Waals surface area contributed by atoms with Gasteiger partial charge < -0.3 is 10.1 Å². The number of ether oxygens (including phenoxy) is 1. The average Bonchev–Trinajstić information content (AvgIpc) is 2.50. The quantitative estimate of drug-likeness (QED) is 0.914. The van der Waals surface area contributed by atoms with Crippen molar-refractivity contribution in [1.82, 2.24) is 5.32 Å². The van der Waals surface area contributed by atoms with Crippen molar-refractivity contribution in [2.75, 3.05) is 6.61 Å². The van der Waals surface area contributed by atoms with Crippen LogP contribution in [0.1, 0.15) is 39.5 Å². The molecule has 0 unspecified atom stereocenters. The maximum absolute atomic E-state index is 12.5. The lowest BCUT2D eigenvalue weighted by Gasteiger charge is -2.26. The molecule has 3 heteroatoms. The molecule has 1 aliphatic heterocycles. The molecule has 0 radical (unpaired) electrons. The number of hydrogen-bond donors (Lipinski definition) is 1. The molecular formula is C18H19NO2. The molecule has 1 N–H and O–H groups in total. The minimum atomic E-state index is -0.0158. The van der Waals surface area contributed by atoms with E-state index in [0.29, 0.717) is 6.61 Å². The normalized spacial score (nSPS) is 16.8. The fourth-order valence-electron chi connectivity index (χ4n) is 2.71. The number of fused-ring (bicyclic) bond motifs is 1. The molecule has 0 aromatic heterocycles. The topological polar surface area (TPSA) is 38.3 Å². The molecule has 2 aromatic rings. The van der Waals surface area contributed by atoms with Gasteiger partial charge in [-0.15, -0.1) is 0 Å². The van der Waals surface area contributed by atoms with Crippen LogP contribution in [-0.2, 0) is 0 Å². The van der Waals surface area contributed by atoms with E-state index in [1.165, 1.54) is 0 Å². The first-order valence-electron chi connectivity index (χ1n) is 7.25. The zero-order valence-corrected chi connectivity index (χ0v) is 12.3. The lowest BCUT2D eigenvalue weighted by Crippen LogP contribution is -2.32. The van der Waals surface area contributed by atoms with Gasteiger partial charge in [-0.3, -0.25) is 4.79 Å². The van der Waals surface area contributed by atoms with Gasteiger partial charge in [-0.05, 0) is 31.5 Å². The van der Waals surface area contributed by atoms with Gasteiger partial charge in [0.15, 0.2) is 0 Å². The van der Waals surface area contributed by atoms with E-state index < -0.39 is 0 Å². The highest BCUT2D eigenvalue weighted by Gasteiger charge is 2.23. The molecule has 3 rings (SSSR count). The van der Waals surface area contributed by atoms with E-state index in [9.17, 15) is 4.79 Å². The number of carbonyl (C=O) groups excluding carboxylic acids is 1. The van der Waals surface area contributed by atoms with Crippen LogP contribution in [0.15, 0.2) is 42.5 Å². The summed E-state index contributed by atoms with van der Waals surface area (Å²) in [7, 11) is 0. The van der Waals surface area contributed by atoms with Gasteiger partial charge in [0.2, 0.25) is 0 Å². The Labute approximate surface area is 124 Å². The zero-order valence-electron chi connectivity index (χ0n) is 12.3. The molecule has 1 amide bonds. The number of aryl methyl sites for hydroxylation is 2. The van der Waals surface area contributed by atoms with Gasteiger partial charge in [-0.2, -0.15) is 0 Å².